The molecule has 0 fully saturated rings. The van der Waals surface area contributed by atoms with Crippen molar-refractivity contribution in [3.8, 4) is 11.5 Å². The first-order valence-electron chi connectivity index (χ1n) is 8.93. The zero-order valence-corrected chi connectivity index (χ0v) is 16.6. The van der Waals surface area contributed by atoms with Crippen LogP contribution in [0.5, 0.6) is 11.5 Å². The van der Waals surface area contributed by atoms with Gasteiger partial charge in [-0.3, -0.25) is 4.79 Å². The van der Waals surface area contributed by atoms with Gasteiger partial charge < -0.3 is 14.0 Å². The van der Waals surface area contributed by atoms with Gasteiger partial charge in [0.15, 0.2) is 16.3 Å². The van der Waals surface area contributed by atoms with E-state index in [1.54, 1.807) is 11.8 Å². The number of ether oxygens (including phenoxy) is 2. The number of aromatic nitrogens is 1. The highest BCUT2D eigenvalue weighted by molar-refractivity contribution is 7.99. The van der Waals surface area contributed by atoms with Crippen LogP contribution in [0.2, 0.25) is 0 Å². The quantitative estimate of drug-likeness (QED) is 0.453. The van der Waals surface area contributed by atoms with Crippen LogP contribution >= 0.6 is 23.1 Å². The predicted molar refractivity (Wildman–Crippen MR) is 109 cm³/mol. The number of thioether (sulfide) groups is 1. The van der Waals surface area contributed by atoms with Gasteiger partial charge in [0.2, 0.25) is 12.7 Å². The molecule has 4 rings (SSSR count). The summed E-state index contributed by atoms with van der Waals surface area (Å²) in [7, 11) is 0. The van der Waals surface area contributed by atoms with E-state index in [4.69, 9.17) is 9.47 Å². The van der Waals surface area contributed by atoms with Gasteiger partial charge in [-0.25, -0.2) is 0 Å². The van der Waals surface area contributed by atoms with Gasteiger partial charge in [0.05, 0.1) is 10.2 Å². The summed E-state index contributed by atoms with van der Waals surface area (Å²) >= 11 is 3.28. The van der Waals surface area contributed by atoms with Crippen molar-refractivity contribution in [1.29, 1.82) is 0 Å². The van der Waals surface area contributed by atoms with Crippen LogP contribution in [0.3, 0.4) is 0 Å². The van der Waals surface area contributed by atoms with E-state index in [1.807, 2.05) is 30.3 Å². The lowest BCUT2D eigenvalue weighted by atomic mass is 10.3. The predicted octanol–water partition coefficient (Wildman–Crippen LogP) is 4.45. The van der Waals surface area contributed by atoms with Crippen molar-refractivity contribution in [3.05, 3.63) is 47.3 Å². The number of hydrogen-bond acceptors (Lipinski definition) is 5. The average molecular weight is 401 g/mol. The van der Waals surface area contributed by atoms with Crippen molar-refractivity contribution in [2.75, 3.05) is 12.5 Å². The number of nitrogens with zero attached hydrogens (tertiary/aromatic N) is 2. The van der Waals surface area contributed by atoms with Crippen LogP contribution in [-0.4, -0.2) is 23.0 Å². The summed E-state index contributed by atoms with van der Waals surface area (Å²) in [5, 5.41) is 0. The molecular weight excluding hydrogens is 380 g/mol. The Morgan fingerprint density at radius 2 is 2.00 bits per heavy atom. The normalized spacial score (nSPS) is 13.4. The van der Waals surface area contributed by atoms with E-state index in [0.717, 1.165) is 45.2 Å². The topological polar surface area (TPSA) is 52.8 Å². The van der Waals surface area contributed by atoms with Crippen LogP contribution < -0.4 is 14.3 Å². The van der Waals surface area contributed by atoms with Crippen molar-refractivity contribution in [1.82, 2.24) is 4.57 Å². The zero-order valence-electron chi connectivity index (χ0n) is 15.0. The van der Waals surface area contributed by atoms with E-state index >= 15 is 0 Å². The fourth-order valence-corrected chi connectivity index (χ4v) is 4.94. The maximum absolute atomic E-state index is 12.3. The highest BCUT2D eigenvalue weighted by atomic mass is 32.2. The summed E-state index contributed by atoms with van der Waals surface area (Å²) in [4.78, 5) is 18.7. The molecule has 0 aliphatic carbocycles. The first kappa shape index (κ1) is 18.1. The molecule has 0 saturated carbocycles. The molecule has 2 heterocycles. The molecule has 7 heteroatoms. The van der Waals surface area contributed by atoms with Crippen molar-refractivity contribution in [2.45, 2.75) is 31.2 Å². The van der Waals surface area contributed by atoms with Crippen LogP contribution in [0.4, 0.5) is 0 Å². The third kappa shape index (κ3) is 4.04. The number of thiazole rings is 1. The van der Waals surface area contributed by atoms with Gasteiger partial charge in [-0.05, 0) is 31.2 Å². The largest absolute Gasteiger partial charge is 0.454 e. The Morgan fingerprint density at radius 3 is 2.78 bits per heavy atom. The number of hydrogen-bond donors (Lipinski definition) is 0. The molecule has 0 spiro atoms. The van der Waals surface area contributed by atoms with Crippen molar-refractivity contribution < 1.29 is 14.3 Å². The number of fused-ring (bicyclic) bond motifs is 2. The third-order valence-corrected chi connectivity index (χ3v) is 6.40. The molecule has 0 radical (unpaired) electrons. The number of amides is 1. The van der Waals surface area contributed by atoms with Gasteiger partial charge >= 0.3 is 0 Å². The number of aryl methyl sites for hydroxylation is 1. The Balaban J connectivity index is 1.46. The Hall–Kier alpha value is -2.25. The fraction of sp³-hybridized carbons (Fsp3) is 0.300. The minimum absolute atomic E-state index is 0.0718. The number of carbonyl (C=O) groups excluding carboxylic acids is 1. The maximum Gasteiger partial charge on any atom is 0.248 e. The molecule has 0 bridgehead atoms. The average Bonchev–Trinajstić information content (AvgIpc) is 3.27. The van der Waals surface area contributed by atoms with Gasteiger partial charge in [-0.2, -0.15) is 4.99 Å². The smallest absolute Gasteiger partial charge is 0.248 e. The summed E-state index contributed by atoms with van der Waals surface area (Å²) in [5.74, 6) is 2.34. The van der Waals surface area contributed by atoms with Gasteiger partial charge in [0, 0.05) is 30.0 Å². The monoisotopic (exact) mass is 400 g/mol. The molecule has 0 N–H and O–H groups in total. The Bertz CT molecular complexity index is 1020. The van der Waals surface area contributed by atoms with E-state index in [9.17, 15) is 4.79 Å². The number of benzene rings is 2. The molecule has 3 aromatic rings. The summed E-state index contributed by atoms with van der Waals surface area (Å²) < 4.78 is 14.0. The van der Waals surface area contributed by atoms with E-state index in [-0.39, 0.29) is 12.7 Å². The molecule has 27 heavy (non-hydrogen) atoms. The van der Waals surface area contributed by atoms with Crippen LogP contribution in [-0.2, 0) is 11.3 Å². The molecule has 0 atom stereocenters. The van der Waals surface area contributed by atoms with Crippen LogP contribution in [0, 0.1) is 0 Å². The molecule has 0 saturated heterocycles. The second-order valence-electron chi connectivity index (χ2n) is 6.07. The number of carbonyl (C=O) groups is 1. The van der Waals surface area contributed by atoms with Gasteiger partial charge in [0.25, 0.3) is 0 Å². The molecular formula is C20H20N2O3S2. The molecule has 1 aromatic heterocycles. The summed E-state index contributed by atoms with van der Waals surface area (Å²) in [5.41, 5.74) is 1.03. The first-order chi connectivity index (χ1) is 13.2. The van der Waals surface area contributed by atoms with Crippen LogP contribution in [0.15, 0.2) is 52.4 Å². The lowest BCUT2D eigenvalue weighted by Crippen LogP contribution is -2.15. The minimum Gasteiger partial charge on any atom is -0.454 e. The van der Waals surface area contributed by atoms with Gasteiger partial charge in [0.1, 0.15) is 0 Å². The molecule has 140 valence electrons. The molecule has 5 nitrogen and oxygen atoms in total. The highest BCUT2D eigenvalue weighted by Gasteiger charge is 2.17. The Morgan fingerprint density at radius 1 is 1.22 bits per heavy atom. The van der Waals surface area contributed by atoms with E-state index in [1.165, 1.54) is 16.2 Å². The molecule has 1 aliphatic heterocycles. The van der Waals surface area contributed by atoms with Gasteiger partial charge in [-0.1, -0.05) is 29.5 Å². The van der Waals surface area contributed by atoms with Crippen LogP contribution in [0.1, 0.15) is 19.8 Å². The molecule has 1 aliphatic rings. The summed E-state index contributed by atoms with van der Waals surface area (Å²) in [6, 6.07) is 14.2. The summed E-state index contributed by atoms with van der Waals surface area (Å²) in [6.45, 7) is 3.06. The fourth-order valence-electron chi connectivity index (χ4n) is 2.94. The third-order valence-electron chi connectivity index (χ3n) is 4.26. The lowest BCUT2D eigenvalue weighted by molar-refractivity contribution is -0.118. The van der Waals surface area contributed by atoms with Crippen molar-refractivity contribution >= 4 is 39.2 Å². The Labute approximate surface area is 165 Å². The molecule has 0 unspecified atom stereocenters. The zero-order chi connectivity index (χ0) is 18.6. The molecule has 1 amide bonds. The van der Waals surface area contributed by atoms with Gasteiger partial charge in [-0.15, -0.1) is 11.8 Å². The van der Waals surface area contributed by atoms with Crippen LogP contribution in [0.25, 0.3) is 10.2 Å². The van der Waals surface area contributed by atoms with Crippen molar-refractivity contribution in [2.24, 2.45) is 4.99 Å². The SMILES string of the molecule is CCn1c(=NC(=O)CCCSc2ccccc2)sc2cc3c(cc21)OCO3. The maximum atomic E-state index is 12.3. The lowest BCUT2D eigenvalue weighted by Gasteiger charge is -2.02. The summed E-state index contributed by atoms with van der Waals surface area (Å²) in [6.07, 6.45) is 1.27. The van der Waals surface area contributed by atoms with Crippen molar-refractivity contribution in [3.63, 3.8) is 0 Å². The number of rotatable bonds is 6. The minimum atomic E-state index is -0.0718. The van der Waals surface area contributed by atoms with E-state index < -0.39 is 0 Å². The highest BCUT2D eigenvalue weighted by Crippen LogP contribution is 2.36. The second-order valence-corrected chi connectivity index (χ2v) is 8.25. The Kier molecular flexibility index (Phi) is 5.50. The van der Waals surface area contributed by atoms with E-state index in [0.29, 0.717) is 6.42 Å². The molecule has 2 aromatic carbocycles. The van der Waals surface area contributed by atoms with E-state index in [2.05, 4.69) is 28.6 Å². The first-order valence-corrected chi connectivity index (χ1v) is 10.7. The standard InChI is InChI=1S/C20H20N2O3S2/c1-2-22-15-11-16-17(25-13-24-16)12-18(15)27-20(22)21-19(23)9-6-10-26-14-7-4-3-5-8-14/h3-5,7-8,11-12H,2,6,9-10,13H2,1H3. The second kappa shape index (κ2) is 8.19.